The van der Waals surface area contributed by atoms with Gasteiger partial charge in [0.1, 0.15) is 17.3 Å². The van der Waals surface area contributed by atoms with E-state index in [-0.39, 0.29) is 5.91 Å². The molecule has 5 nitrogen and oxygen atoms in total. The lowest BCUT2D eigenvalue weighted by Gasteiger charge is -2.17. The normalized spacial score (nSPS) is 10.1. The number of benzene rings is 1. The van der Waals surface area contributed by atoms with Crippen LogP contribution in [0.1, 0.15) is 16.1 Å². The molecule has 0 bridgehead atoms. The minimum Gasteiger partial charge on any atom is -0.497 e. The molecule has 104 valence electrons. The van der Waals surface area contributed by atoms with E-state index in [1.165, 1.54) is 0 Å². The Labute approximate surface area is 118 Å². The summed E-state index contributed by atoms with van der Waals surface area (Å²) >= 11 is 0. The Hall–Kier alpha value is -2.56. The number of anilines is 1. The first-order valence-electron chi connectivity index (χ1n) is 6.21. The van der Waals surface area contributed by atoms with E-state index in [4.69, 9.17) is 10.5 Å². The molecule has 1 aromatic carbocycles. The smallest absolute Gasteiger partial charge is 0.272 e. The van der Waals surface area contributed by atoms with Gasteiger partial charge in [-0.05, 0) is 29.8 Å². The summed E-state index contributed by atoms with van der Waals surface area (Å²) in [6.45, 7) is 0.499. The maximum Gasteiger partial charge on any atom is 0.272 e. The number of pyridine rings is 1. The van der Waals surface area contributed by atoms with Gasteiger partial charge in [0.2, 0.25) is 0 Å². The van der Waals surface area contributed by atoms with Gasteiger partial charge < -0.3 is 15.4 Å². The van der Waals surface area contributed by atoms with Crippen LogP contribution in [0.3, 0.4) is 0 Å². The predicted octanol–water partition coefficient (Wildman–Crippen LogP) is 1.94. The molecule has 2 N–H and O–H groups in total. The fraction of sp³-hybridized carbons (Fsp3) is 0.200. The number of nitrogens with zero attached hydrogens (tertiary/aromatic N) is 2. The highest BCUT2D eigenvalue weighted by Crippen LogP contribution is 2.13. The summed E-state index contributed by atoms with van der Waals surface area (Å²) in [6.07, 6.45) is 0. The van der Waals surface area contributed by atoms with Gasteiger partial charge >= 0.3 is 0 Å². The van der Waals surface area contributed by atoms with Gasteiger partial charge in [-0.15, -0.1) is 0 Å². The summed E-state index contributed by atoms with van der Waals surface area (Å²) in [6, 6.07) is 12.6. The Morgan fingerprint density at radius 1 is 1.25 bits per heavy atom. The molecule has 0 saturated heterocycles. The molecule has 1 aromatic heterocycles. The molecule has 1 heterocycles. The molecule has 0 fully saturated rings. The first-order chi connectivity index (χ1) is 9.60. The van der Waals surface area contributed by atoms with Crippen LogP contribution in [0, 0.1) is 0 Å². The van der Waals surface area contributed by atoms with Crippen molar-refractivity contribution in [2.24, 2.45) is 0 Å². The van der Waals surface area contributed by atoms with E-state index >= 15 is 0 Å². The number of hydrogen-bond donors (Lipinski definition) is 1. The number of carbonyl (C=O) groups excluding carboxylic acids is 1. The Bertz CT molecular complexity index is 596. The molecule has 1 amide bonds. The molecule has 0 atom stereocenters. The highest BCUT2D eigenvalue weighted by atomic mass is 16.5. The number of carbonyl (C=O) groups is 1. The average Bonchev–Trinajstić information content (AvgIpc) is 2.47. The van der Waals surface area contributed by atoms with Gasteiger partial charge in [0.15, 0.2) is 0 Å². The standard InChI is InChI=1S/C15H17N3O2/c1-18(10-11-6-8-12(20-2)9-7-11)15(19)13-4-3-5-14(16)17-13/h3-9H,10H2,1-2H3,(H2,16,17). The number of amides is 1. The van der Waals surface area contributed by atoms with Gasteiger partial charge in [-0.1, -0.05) is 18.2 Å². The summed E-state index contributed by atoms with van der Waals surface area (Å²) in [5.74, 6) is 0.974. The van der Waals surface area contributed by atoms with Crippen molar-refractivity contribution in [3.05, 3.63) is 53.7 Å². The Kier molecular flexibility index (Phi) is 4.20. The lowest BCUT2D eigenvalue weighted by atomic mass is 10.2. The van der Waals surface area contributed by atoms with Crippen molar-refractivity contribution in [3.8, 4) is 5.75 Å². The van der Waals surface area contributed by atoms with Gasteiger partial charge in [0.25, 0.3) is 5.91 Å². The van der Waals surface area contributed by atoms with E-state index in [0.29, 0.717) is 18.1 Å². The zero-order valence-corrected chi connectivity index (χ0v) is 11.5. The second-order valence-corrected chi connectivity index (χ2v) is 4.46. The van der Waals surface area contributed by atoms with Gasteiger partial charge in [0, 0.05) is 13.6 Å². The number of hydrogen-bond acceptors (Lipinski definition) is 4. The van der Waals surface area contributed by atoms with E-state index < -0.39 is 0 Å². The summed E-state index contributed by atoms with van der Waals surface area (Å²) < 4.78 is 5.10. The van der Waals surface area contributed by atoms with Crippen molar-refractivity contribution < 1.29 is 9.53 Å². The van der Waals surface area contributed by atoms with E-state index in [9.17, 15) is 4.79 Å². The molecule has 0 radical (unpaired) electrons. The highest BCUT2D eigenvalue weighted by molar-refractivity contribution is 5.92. The van der Waals surface area contributed by atoms with Crippen molar-refractivity contribution in [3.63, 3.8) is 0 Å². The SMILES string of the molecule is COc1ccc(CN(C)C(=O)c2cccc(N)n2)cc1. The van der Waals surface area contributed by atoms with Gasteiger partial charge in [-0.25, -0.2) is 4.98 Å². The van der Waals surface area contributed by atoms with Gasteiger partial charge in [-0.3, -0.25) is 4.79 Å². The maximum atomic E-state index is 12.2. The highest BCUT2D eigenvalue weighted by Gasteiger charge is 2.13. The Morgan fingerprint density at radius 2 is 1.95 bits per heavy atom. The van der Waals surface area contributed by atoms with Crippen LogP contribution in [-0.2, 0) is 6.54 Å². The van der Waals surface area contributed by atoms with Crippen LogP contribution < -0.4 is 10.5 Å². The van der Waals surface area contributed by atoms with Crippen LogP contribution in [0.5, 0.6) is 5.75 Å². The van der Waals surface area contributed by atoms with Crippen LogP contribution in [0.2, 0.25) is 0 Å². The number of nitrogen functional groups attached to an aromatic ring is 1. The summed E-state index contributed by atoms with van der Waals surface area (Å²) in [5.41, 5.74) is 6.95. The maximum absolute atomic E-state index is 12.2. The van der Waals surface area contributed by atoms with Crippen molar-refractivity contribution in [2.75, 3.05) is 19.9 Å². The molecular formula is C15H17N3O2. The molecule has 0 aliphatic heterocycles. The molecule has 0 unspecified atom stereocenters. The molecule has 2 rings (SSSR count). The molecule has 0 aliphatic carbocycles. The van der Waals surface area contributed by atoms with Gasteiger partial charge in [-0.2, -0.15) is 0 Å². The molecule has 20 heavy (non-hydrogen) atoms. The minimum atomic E-state index is -0.159. The second kappa shape index (κ2) is 6.06. The van der Waals surface area contributed by atoms with Crippen molar-refractivity contribution >= 4 is 11.7 Å². The van der Waals surface area contributed by atoms with Crippen LogP contribution in [0.15, 0.2) is 42.5 Å². The molecular weight excluding hydrogens is 254 g/mol. The molecule has 0 spiro atoms. The molecule has 5 heteroatoms. The van der Waals surface area contributed by atoms with E-state index in [1.54, 1.807) is 37.3 Å². The zero-order valence-electron chi connectivity index (χ0n) is 11.5. The summed E-state index contributed by atoms with van der Waals surface area (Å²) in [7, 11) is 3.35. The third-order valence-electron chi connectivity index (χ3n) is 2.92. The van der Waals surface area contributed by atoms with Crippen LogP contribution in [0.25, 0.3) is 0 Å². The second-order valence-electron chi connectivity index (χ2n) is 4.46. The number of aromatic nitrogens is 1. The van der Waals surface area contributed by atoms with Crippen molar-refractivity contribution in [1.29, 1.82) is 0 Å². The Morgan fingerprint density at radius 3 is 2.55 bits per heavy atom. The van der Waals surface area contributed by atoms with Crippen LogP contribution in [0.4, 0.5) is 5.82 Å². The number of methoxy groups -OCH3 is 1. The molecule has 2 aromatic rings. The first kappa shape index (κ1) is 13.9. The molecule has 0 saturated carbocycles. The van der Waals surface area contributed by atoms with Crippen LogP contribution >= 0.6 is 0 Å². The predicted molar refractivity (Wildman–Crippen MR) is 77.4 cm³/mol. The Balaban J connectivity index is 2.07. The largest absolute Gasteiger partial charge is 0.497 e. The average molecular weight is 271 g/mol. The van der Waals surface area contributed by atoms with Crippen molar-refractivity contribution in [1.82, 2.24) is 9.88 Å². The van der Waals surface area contributed by atoms with Crippen LogP contribution in [-0.4, -0.2) is 29.9 Å². The summed E-state index contributed by atoms with van der Waals surface area (Å²) in [4.78, 5) is 17.8. The third kappa shape index (κ3) is 3.26. The monoisotopic (exact) mass is 271 g/mol. The third-order valence-corrected chi connectivity index (χ3v) is 2.92. The number of ether oxygens (including phenoxy) is 1. The van der Waals surface area contributed by atoms with E-state index in [0.717, 1.165) is 11.3 Å². The zero-order chi connectivity index (χ0) is 14.5. The van der Waals surface area contributed by atoms with E-state index in [2.05, 4.69) is 4.98 Å². The van der Waals surface area contributed by atoms with Gasteiger partial charge in [0.05, 0.1) is 7.11 Å². The van der Waals surface area contributed by atoms with Crippen molar-refractivity contribution in [2.45, 2.75) is 6.54 Å². The molecule has 0 aliphatic rings. The number of nitrogens with two attached hydrogens (primary N) is 1. The fourth-order valence-corrected chi connectivity index (χ4v) is 1.84. The minimum absolute atomic E-state index is 0.159. The summed E-state index contributed by atoms with van der Waals surface area (Å²) in [5, 5.41) is 0. The first-order valence-corrected chi connectivity index (χ1v) is 6.21. The lowest BCUT2D eigenvalue weighted by Crippen LogP contribution is -2.27. The fourth-order valence-electron chi connectivity index (χ4n) is 1.84. The van der Waals surface area contributed by atoms with E-state index in [1.807, 2.05) is 24.3 Å². The topological polar surface area (TPSA) is 68.5 Å². The number of rotatable bonds is 4. The quantitative estimate of drug-likeness (QED) is 0.922. The lowest BCUT2D eigenvalue weighted by molar-refractivity contribution is 0.0779.